The number of aryl methyl sites for hydroxylation is 1. The van der Waals surface area contributed by atoms with Gasteiger partial charge in [0.15, 0.2) is 0 Å². The number of aromatic amines is 1. The van der Waals surface area contributed by atoms with Crippen LogP contribution in [0.1, 0.15) is 12.6 Å². The van der Waals surface area contributed by atoms with Gasteiger partial charge in [-0.3, -0.25) is 14.3 Å². The molecule has 3 N–H and O–H groups in total. The highest BCUT2D eigenvalue weighted by Crippen LogP contribution is 2.27. The topological polar surface area (TPSA) is 135 Å². The second kappa shape index (κ2) is 6.63. The predicted molar refractivity (Wildman–Crippen MR) is 77.9 cm³/mol. The number of alkyl halides is 1. The molecule has 0 spiro atoms. The third kappa shape index (κ3) is 3.00. The van der Waals surface area contributed by atoms with E-state index in [-0.39, 0.29) is 30.8 Å². The zero-order valence-electron chi connectivity index (χ0n) is 12.5. The summed E-state index contributed by atoms with van der Waals surface area (Å²) in [5, 5.41) is 26.4. The van der Waals surface area contributed by atoms with Gasteiger partial charge < -0.3 is 14.9 Å². The fraction of sp³-hybridized carbons (Fsp3) is 0.538. The van der Waals surface area contributed by atoms with Crippen LogP contribution >= 0.6 is 0 Å². The molecule has 2 aromatic heterocycles. The molecule has 11 heteroatoms. The third-order valence-corrected chi connectivity index (χ3v) is 3.79. The van der Waals surface area contributed by atoms with E-state index in [0.29, 0.717) is 0 Å². The van der Waals surface area contributed by atoms with Crippen molar-refractivity contribution >= 4 is 0 Å². The summed E-state index contributed by atoms with van der Waals surface area (Å²) < 4.78 is 20.1. The molecular formula is C13H16FN5O5. The van der Waals surface area contributed by atoms with Gasteiger partial charge in [0.25, 0.3) is 5.56 Å². The SMILES string of the molecule is O=c1[nH]c(=O)n([C@@H]2C[C@H](O)[C@H](CO)O2)cc1-c1cn(CCF)nn1. The summed E-state index contributed by atoms with van der Waals surface area (Å²) in [5.41, 5.74) is -1.14. The lowest BCUT2D eigenvalue weighted by molar-refractivity contribution is -0.0458. The number of rotatable bonds is 5. The predicted octanol–water partition coefficient (Wildman–Crippen LogP) is -1.59. The van der Waals surface area contributed by atoms with Crippen LogP contribution < -0.4 is 11.2 Å². The Kier molecular flexibility index (Phi) is 4.55. The molecule has 0 radical (unpaired) electrons. The molecule has 1 fully saturated rings. The number of halogens is 1. The van der Waals surface area contributed by atoms with Gasteiger partial charge in [-0.05, 0) is 0 Å². The van der Waals surface area contributed by atoms with Crippen LogP contribution in [0.3, 0.4) is 0 Å². The monoisotopic (exact) mass is 341 g/mol. The van der Waals surface area contributed by atoms with Gasteiger partial charge in [0.05, 0.1) is 31.0 Å². The molecule has 0 aromatic carbocycles. The quantitative estimate of drug-likeness (QED) is 0.596. The van der Waals surface area contributed by atoms with Crippen molar-refractivity contribution < 1.29 is 19.3 Å². The molecule has 24 heavy (non-hydrogen) atoms. The molecule has 2 aromatic rings. The molecule has 1 aliphatic heterocycles. The highest BCUT2D eigenvalue weighted by molar-refractivity contribution is 5.54. The first kappa shape index (κ1) is 16.5. The van der Waals surface area contributed by atoms with E-state index >= 15 is 0 Å². The molecule has 0 unspecified atom stereocenters. The highest BCUT2D eigenvalue weighted by Gasteiger charge is 2.35. The number of aliphatic hydroxyl groups is 2. The molecule has 0 bridgehead atoms. The Morgan fingerprint density at radius 3 is 2.88 bits per heavy atom. The maximum atomic E-state index is 12.3. The second-order valence-corrected chi connectivity index (χ2v) is 5.38. The Morgan fingerprint density at radius 1 is 1.42 bits per heavy atom. The molecule has 0 aliphatic carbocycles. The van der Waals surface area contributed by atoms with Gasteiger partial charge >= 0.3 is 5.69 Å². The van der Waals surface area contributed by atoms with Crippen molar-refractivity contribution in [3.05, 3.63) is 33.2 Å². The molecule has 1 aliphatic rings. The number of ether oxygens (including phenoxy) is 1. The summed E-state index contributed by atoms with van der Waals surface area (Å²) in [6, 6.07) is 0. The highest BCUT2D eigenvalue weighted by atomic mass is 19.1. The standard InChI is InChI=1S/C13H16FN5O5/c14-1-2-18-5-8(16-17-18)7-4-19(13(23)15-12(7)22)11-3-9(21)10(6-20)24-11/h4-5,9-11,20-21H,1-3,6H2,(H,15,22,23)/t9-,10-,11-/m0/s1. The smallest absolute Gasteiger partial charge is 0.330 e. The molecule has 3 rings (SSSR count). The van der Waals surface area contributed by atoms with Crippen LogP contribution in [0.25, 0.3) is 11.3 Å². The lowest BCUT2D eigenvalue weighted by Crippen LogP contribution is -2.33. The first-order valence-corrected chi connectivity index (χ1v) is 7.29. The third-order valence-electron chi connectivity index (χ3n) is 3.79. The lowest BCUT2D eigenvalue weighted by atomic mass is 10.2. The molecule has 0 amide bonds. The van der Waals surface area contributed by atoms with Crippen LogP contribution in [0.2, 0.25) is 0 Å². The van der Waals surface area contributed by atoms with E-state index in [9.17, 15) is 19.1 Å². The minimum absolute atomic E-state index is 0.000647. The Balaban J connectivity index is 1.97. The fourth-order valence-electron chi connectivity index (χ4n) is 2.55. The first-order chi connectivity index (χ1) is 11.5. The number of nitrogens with zero attached hydrogens (tertiary/aromatic N) is 4. The summed E-state index contributed by atoms with van der Waals surface area (Å²) in [5.74, 6) is 0. The van der Waals surface area contributed by atoms with Gasteiger partial charge in [-0.2, -0.15) is 0 Å². The van der Waals surface area contributed by atoms with Crippen molar-refractivity contribution in [3.8, 4) is 11.3 Å². The second-order valence-electron chi connectivity index (χ2n) is 5.38. The fourth-order valence-corrected chi connectivity index (χ4v) is 2.55. The lowest BCUT2D eigenvalue weighted by Gasteiger charge is -2.14. The zero-order chi connectivity index (χ0) is 17.3. The van der Waals surface area contributed by atoms with Gasteiger partial charge in [-0.25, -0.2) is 13.9 Å². The van der Waals surface area contributed by atoms with E-state index in [2.05, 4.69) is 15.3 Å². The summed E-state index contributed by atoms with van der Waals surface area (Å²) in [4.78, 5) is 26.2. The minimum atomic E-state index is -0.923. The number of hydrogen-bond donors (Lipinski definition) is 3. The van der Waals surface area contributed by atoms with E-state index in [4.69, 9.17) is 9.84 Å². The number of nitrogens with one attached hydrogen (secondary N) is 1. The maximum Gasteiger partial charge on any atom is 0.330 e. The number of H-pyrrole nitrogens is 1. The molecule has 130 valence electrons. The average molecular weight is 341 g/mol. The van der Waals surface area contributed by atoms with Crippen molar-refractivity contribution in [2.75, 3.05) is 13.3 Å². The van der Waals surface area contributed by atoms with Crippen LogP contribution in [0, 0.1) is 0 Å². The zero-order valence-corrected chi connectivity index (χ0v) is 12.5. The average Bonchev–Trinajstić information content (AvgIpc) is 3.14. The van der Waals surface area contributed by atoms with E-state index in [1.807, 2.05) is 0 Å². The maximum absolute atomic E-state index is 12.3. The van der Waals surface area contributed by atoms with Crippen molar-refractivity contribution in [1.29, 1.82) is 0 Å². The van der Waals surface area contributed by atoms with Crippen LogP contribution in [0.4, 0.5) is 4.39 Å². The Hall–Kier alpha value is -2.37. The van der Waals surface area contributed by atoms with E-state index in [1.54, 1.807) is 0 Å². The van der Waals surface area contributed by atoms with Crippen LogP contribution in [0.15, 0.2) is 22.0 Å². The summed E-state index contributed by atoms with van der Waals surface area (Å²) in [6.45, 7) is -1.02. The summed E-state index contributed by atoms with van der Waals surface area (Å²) in [7, 11) is 0. The van der Waals surface area contributed by atoms with Gasteiger partial charge in [0, 0.05) is 12.6 Å². The van der Waals surface area contributed by atoms with Crippen LogP contribution in [-0.2, 0) is 11.3 Å². The minimum Gasteiger partial charge on any atom is -0.394 e. The van der Waals surface area contributed by atoms with Crippen molar-refractivity contribution in [1.82, 2.24) is 24.5 Å². The number of hydrogen-bond acceptors (Lipinski definition) is 7. The summed E-state index contributed by atoms with van der Waals surface area (Å²) >= 11 is 0. The Morgan fingerprint density at radius 2 is 2.21 bits per heavy atom. The van der Waals surface area contributed by atoms with Gasteiger partial charge in [-0.1, -0.05) is 5.21 Å². The van der Waals surface area contributed by atoms with Gasteiger partial charge in [0.1, 0.15) is 24.7 Å². The van der Waals surface area contributed by atoms with E-state index in [0.717, 1.165) is 4.57 Å². The number of aliphatic hydroxyl groups excluding tert-OH is 2. The van der Waals surface area contributed by atoms with Crippen molar-refractivity contribution in [2.24, 2.45) is 0 Å². The Labute approximate surface area is 134 Å². The molecular weight excluding hydrogens is 325 g/mol. The van der Waals surface area contributed by atoms with Crippen LogP contribution in [-0.4, -0.2) is 60.2 Å². The normalized spacial score (nSPS) is 23.7. The van der Waals surface area contributed by atoms with Crippen LogP contribution in [0.5, 0.6) is 0 Å². The molecule has 3 atom stereocenters. The van der Waals surface area contributed by atoms with Gasteiger partial charge in [-0.15, -0.1) is 5.10 Å². The number of aromatic nitrogens is 5. The van der Waals surface area contributed by atoms with Gasteiger partial charge in [0.2, 0.25) is 0 Å². The molecule has 1 saturated heterocycles. The molecule has 10 nitrogen and oxygen atoms in total. The molecule has 3 heterocycles. The van der Waals surface area contributed by atoms with E-state index in [1.165, 1.54) is 17.1 Å². The first-order valence-electron chi connectivity index (χ1n) is 7.29. The van der Waals surface area contributed by atoms with Crippen molar-refractivity contribution in [2.45, 2.75) is 31.4 Å². The molecule has 0 saturated carbocycles. The van der Waals surface area contributed by atoms with E-state index < -0.39 is 36.4 Å². The largest absolute Gasteiger partial charge is 0.394 e. The van der Waals surface area contributed by atoms with Crippen molar-refractivity contribution in [3.63, 3.8) is 0 Å². The Bertz CT molecular complexity index is 831. The summed E-state index contributed by atoms with van der Waals surface area (Å²) in [6.07, 6.45) is 0.171.